The van der Waals surface area contributed by atoms with Crippen molar-refractivity contribution in [3.8, 4) is 5.75 Å². The molecule has 2 unspecified atom stereocenters. The topological polar surface area (TPSA) is 40.5 Å². The Hall–Kier alpha value is -1.80. The van der Waals surface area contributed by atoms with Crippen LogP contribution >= 0.6 is 0 Å². The maximum absolute atomic E-state index is 9.01. The van der Waals surface area contributed by atoms with Crippen LogP contribution in [0.1, 0.15) is 69.1 Å². The first-order chi connectivity index (χ1) is 11.0. The van der Waals surface area contributed by atoms with Gasteiger partial charge in [-0.1, -0.05) is 64.1 Å². The van der Waals surface area contributed by atoms with Gasteiger partial charge in [-0.2, -0.15) is 0 Å². The van der Waals surface area contributed by atoms with Crippen LogP contribution < -0.4 is 0 Å². The minimum Gasteiger partial charge on any atom is -0.508 e. The third-order valence-electron chi connectivity index (χ3n) is 4.42. The molecule has 0 spiro atoms. The second kappa shape index (κ2) is 10.1. The third kappa shape index (κ3) is 6.45. The normalized spacial score (nSPS) is 12.9. The molecule has 126 valence electrons. The van der Waals surface area contributed by atoms with E-state index in [9.17, 15) is 0 Å². The number of hydrogen-bond acceptors (Lipinski definition) is 2. The highest BCUT2D eigenvalue weighted by Gasteiger charge is 2.01. The van der Waals surface area contributed by atoms with Crippen molar-refractivity contribution >= 4 is 0 Å². The fourth-order valence-electron chi connectivity index (χ4n) is 2.23. The number of benzene rings is 2. The second-order valence-electron chi connectivity index (χ2n) is 6.11. The molecule has 0 fully saturated rings. The Morgan fingerprint density at radius 3 is 1.48 bits per heavy atom. The van der Waals surface area contributed by atoms with E-state index in [-0.39, 0.29) is 6.61 Å². The largest absolute Gasteiger partial charge is 0.508 e. The first-order valence-corrected chi connectivity index (χ1v) is 8.50. The van der Waals surface area contributed by atoms with E-state index in [0.717, 1.165) is 12.0 Å². The van der Waals surface area contributed by atoms with Crippen molar-refractivity contribution in [1.29, 1.82) is 0 Å². The van der Waals surface area contributed by atoms with E-state index in [1.165, 1.54) is 17.5 Å². The summed E-state index contributed by atoms with van der Waals surface area (Å²) in [6.45, 7) is 8.89. The lowest BCUT2D eigenvalue weighted by atomic mass is 9.98. The number of phenols is 1. The van der Waals surface area contributed by atoms with Gasteiger partial charge < -0.3 is 10.2 Å². The van der Waals surface area contributed by atoms with Crippen LogP contribution in [-0.4, -0.2) is 10.2 Å². The Bertz CT molecular complexity index is 543. The maximum Gasteiger partial charge on any atom is 0.115 e. The molecule has 0 aliphatic heterocycles. The lowest BCUT2D eigenvalue weighted by Crippen LogP contribution is -1.91. The van der Waals surface area contributed by atoms with Crippen molar-refractivity contribution in [2.24, 2.45) is 0 Å². The number of aromatic hydroxyl groups is 1. The molecule has 2 N–H and O–H groups in total. The smallest absolute Gasteiger partial charge is 0.115 e. The summed E-state index contributed by atoms with van der Waals surface area (Å²) in [5.74, 6) is 1.56. The monoisotopic (exact) mass is 314 g/mol. The van der Waals surface area contributed by atoms with Crippen LogP contribution in [0.4, 0.5) is 0 Å². The molecule has 0 aliphatic carbocycles. The summed E-state index contributed by atoms with van der Waals surface area (Å²) in [4.78, 5) is 0. The average Bonchev–Trinajstić information content (AvgIpc) is 2.61. The van der Waals surface area contributed by atoms with Crippen molar-refractivity contribution in [3.63, 3.8) is 0 Å². The van der Waals surface area contributed by atoms with Gasteiger partial charge in [-0.3, -0.25) is 0 Å². The third-order valence-corrected chi connectivity index (χ3v) is 4.42. The number of rotatable bonds is 5. The van der Waals surface area contributed by atoms with Gasteiger partial charge in [-0.05, 0) is 53.5 Å². The van der Waals surface area contributed by atoms with Gasteiger partial charge >= 0.3 is 0 Å². The number of aliphatic hydroxyl groups excluding tert-OH is 1. The van der Waals surface area contributed by atoms with E-state index < -0.39 is 0 Å². The lowest BCUT2D eigenvalue weighted by molar-refractivity contribution is 0.282. The molecule has 2 aromatic rings. The average molecular weight is 314 g/mol. The molecule has 0 amide bonds. The van der Waals surface area contributed by atoms with Gasteiger partial charge in [-0.15, -0.1) is 0 Å². The summed E-state index contributed by atoms with van der Waals surface area (Å²) in [5, 5.41) is 17.8. The molecular weight excluding hydrogens is 284 g/mol. The zero-order valence-corrected chi connectivity index (χ0v) is 14.8. The summed E-state index contributed by atoms with van der Waals surface area (Å²) in [5.41, 5.74) is 3.64. The Labute approximate surface area is 140 Å². The van der Waals surface area contributed by atoms with Gasteiger partial charge in [-0.25, -0.2) is 0 Å². The van der Waals surface area contributed by atoms with E-state index in [0.29, 0.717) is 17.6 Å². The molecule has 0 heterocycles. The summed E-state index contributed by atoms with van der Waals surface area (Å²) < 4.78 is 0. The summed E-state index contributed by atoms with van der Waals surface area (Å²) in [6.07, 6.45) is 2.31. The fourth-order valence-corrected chi connectivity index (χ4v) is 2.23. The highest BCUT2D eigenvalue weighted by molar-refractivity contribution is 5.27. The van der Waals surface area contributed by atoms with Crippen molar-refractivity contribution in [2.45, 2.75) is 59.0 Å². The zero-order valence-electron chi connectivity index (χ0n) is 14.8. The van der Waals surface area contributed by atoms with Crippen LogP contribution in [0.25, 0.3) is 0 Å². The van der Waals surface area contributed by atoms with Crippen LogP contribution in [-0.2, 0) is 6.61 Å². The van der Waals surface area contributed by atoms with Crippen LogP contribution in [0.15, 0.2) is 48.5 Å². The molecule has 2 atom stereocenters. The molecule has 2 aromatic carbocycles. The first-order valence-electron chi connectivity index (χ1n) is 8.50. The van der Waals surface area contributed by atoms with Gasteiger partial charge in [0.2, 0.25) is 0 Å². The molecule has 0 aromatic heterocycles. The van der Waals surface area contributed by atoms with Gasteiger partial charge in [0.25, 0.3) is 0 Å². The van der Waals surface area contributed by atoms with Crippen molar-refractivity contribution in [3.05, 3.63) is 65.2 Å². The first kappa shape index (κ1) is 19.2. The van der Waals surface area contributed by atoms with E-state index in [4.69, 9.17) is 10.2 Å². The van der Waals surface area contributed by atoms with Crippen LogP contribution in [0, 0.1) is 0 Å². The predicted octanol–water partition coefficient (Wildman–Crippen LogP) is 5.60. The molecule has 0 saturated carbocycles. The summed E-state index contributed by atoms with van der Waals surface area (Å²) in [7, 11) is 0. The highest BCUT2D eigenvalue weighted by Crippen LogP contribution is 2.20. The quantitative estimate of drug-likeness (QED) is 0.754. The SMILES string of the molecule is CCC(C)c1ccc(CO)cc1.CCC(C)c1ccc(O)cc1. The fraction of sp³-hybridized carbons (Fsp3) is 0.429. The van der Waals surface area contributed by atoms with E-state index in [1.807, 2.05) is 24.3 Å². The maximum atomic E-state index is 9.01. The van der Waals surface area contributed by atoms with Gasteiger partial charge in [0.05, 0.1) is 6.61 Å². The molecule has 0 aliphatic rings. The van der Waals surface area contributed by atoms with E-state index >= 15 is 0 Å². The second-order valence-corrected chi connectivity index (χ2v) is 6.11. The van der Waals surface area contributed by atoms with Crippen LogP contribution in [0.2, 0.25) is 0 Å². The number of aliphatic hydroxyl groups is 1. The Kier molecular flexibility index (Phi) is 8.42. The molecule has 0 radical (unpaired) electrons. The molecular formula is C21H30O2. The minimum absolute atomic E-state index is 0.140. The van der Waals surface area contributed by atoms with Crippen molar-refractivity contribution < 1.29 is 10.2 Å². The summed E-state index contributed by atoms with van der Waals surface area (Å²) in [6, 6.07) is 15.6. The van der Waals surface area contributed by atoms with Gasteiger partial charge in [0.15, 0.2) is 0 Å². The van der Waals surface area contributed by atoms with Crippen molar-refractivity contribution in [1.82, 2.24) is 0 Å². The molecule has 2 nitrogen and oxygen atoms in total. The summed E-state index contributed by atoms with van der Waals surface area (Å²) >= 11 is 0. The molecule has 2 rings (SSSR count). The van der Waals surface area contributed by atoms with Gasteiger partial charge in [0.1, 0.15) is 5.75 Å². The standard InChI is InChI=1S/C11H16O.C10H14O/c1-3-9(2)11-6-4-10(8-12)5-7-11;1-3-8(2)9-4-6-10(11)7-5-9/h4-7,9,12H,3,8H2,1-2H3;4-8,11H,3H2,1-2H3. The molecule has 2 heteroatoms. The Morgan fingerprint density at radius 1 is 0.739 bits per heavy atom. The number of phenolic OH excluding ortho intramolecular Hbond substituents is 1. The van der Waals surface area contributed by atoms with Crippen LogP contribution in [0.5, 0.6) is 5.75 Å². The molecule has 0 saturated heterocycles. The van der Waals surface area contributed by atoms with E-state index in [1.54, 1.807) is 12.1 Å². The highest BCUT2D eigenvalue weighted by atomic mass is 16.3. The molecule has 23 heavy (non-hydrogen) atoms. The van der Waals surface area contributed by atoms with E-state index in [2.05, 4.69) is 39.8 Å². The van der Waals surface area contributed by atoms with Gasteiger partial charge in [0, 0.05) is 0 Å². The lowest BCUT2D eigenvalue weighted by Gasteiger charge is -2.08. The number of hydrogen-bond donors (Lipinski definition) is 2. The Balaban J connectivity index is 0.000000231. The predicted molar refractivity (Wildman–Crippen MR) is 97.9 cm³/mol. The minimum atomic E-state index is 0.140. The Morgan fingerprint density at radius 2 is 1.13 bits per heavy atom. The van der Waals surface area contributed by atoms with Crippen LogP contribution in [0.3, 0.4) is 0 Å². The van der Waals surface area contributed by atoms with Crippen molar-refractivity contribution in [2.75, 3.05) is 0 Å². The molecule has 0 bridgehead atoms. The zero-order chi connectivity index (χ0) is 17.2.